The third-order valence-electron chi connectivity index (χ3n) is 7.62. The quantitative estimate of drug-likeness (QED) is 0.485. The van der Waals surface area contributed by atoms with Crippen LogP contribution in [-0.2, 0) is 10.2 Å². The van der Waals surface area contributed by atoms with Crippen LogP contribution in [0.5, 0.6) is 0 Å². The van der Waals surface area contributed by atoms with Crippen LogP contribution in [0.2, 0.25) is 0 Å². The zero-order chi connectivity index (χ0) is 25.2. The number of aromatic nitrogens is 2. The fraction of sp³-hybridized carbons (Fsp3) is 0.769. The molecule has 8 nitrogen and oxygen atoms in total. The maximum absolute atomic E-state index is 13.4. The van der Waals surface area contributed by atoms with E-state index < -0.39 is 17.4 Å². The minimum atomic E-state index is -0.537. The van der Waals surface area contributed by atoms with E-state index in [1.165, 1.54) is 12.3 Å². The van der Waals surface area contributed by atoms with Crippen molar-refractivity contribution in [1.29, 1.82) is 0 Å². The molecule has 2 heterocycles. The highest BCUT2D eigenvalue weighted by Crippen LogP contribution is 2.36. The fourth-order valence-electron chi connectivity index (χ4n) is 5.54. The van der Waals surface area contributed by atoms with Crippen LogP contribution in [0, 0.1) is 11.1 Å². The van der Waals surface area contributed by atoms with Crippen molar-refractivity contribution in [1.82, 2.24) is 20.1 Å². The Morgan fingerprint density at radius 2 is 2.03 bits per heavy atom. The first kappa shape index (κ1) is 26.4. The summed E-state index contributed by atoms with van der Waals surface area (Å²) in [5.41, 5.74) is -0.321. The molecule has 3 rings (SSSR count). The van der Waals surface area contributed by atoms with Gasteiger partial charge in [-0.15, -0.1) is 0 Å². The van der Waals surface area contributed by atoms with Gasteiger partial charge in [-0.05, 0) is 84.7 Å². The van der Waals surface area contributed by atoms with E-state index in [0.29, 0.717) is 35.7 Å². The van der Waals surface area contributed by atoms with Gasteiger partial charge in [0.15, 0.2) is 0 Å². The van der Waals surface area contributed by atoms with Crippen LogP contribution in [0.1, 0.15) is 96.4 Å². The number of hydrogen-bond acceptors (Lipinski definition) is 5. The number of rotatable bonds is 7. The van der Waals surface area contributed by atoms with E-state index in [2.05, 4.69) is 43.0 Å². The van der Waals surface area contributed by atoms with Gasteiger partial charge in [0, 0.05) is 30.7 Å². The molecule has 2 aliphatic rings. The predicted octanol–water partition coefficient (Wildman–Crippen LogP) is 3.02. The van der Waals surface area contributed by atoms with Crippen LogP contribution in [-0.4, -0.2) is 64.4 Å². The fourth-order valence-corrected chi connectivity index (χ4v) is 5.54. The summed E-state index contributed by atoms with van der Waals surface area (Å²) in [6, 6.07) is 2.20. The molecule has 0 spiro atoms. The minimum absolute atomic E-state index is 0.0148. The Balaban J connectivity index is 1.68. The molecule has 1 aromatic heterocycles. The number of carbonyl (C=O) groups is 2. The molecule has 0 bridgehead atoms. The molecule has 8 heteroatoms. The molecule has 1 saturated heterocycles. The normalized spacial score (nSPS) is 25.9. The van der Waals surface area contributed by atoms with Crippen LogP contribution in [0.4, 0.5) is 0 Å². The molecule has 1 N–H and O–H groups in total. The molecular formula is C26H43N5O3. The van der Waals surface area contributed by atoms with Gasteiger partial charge in [0.25, 0.3) is 5.91 Å². The van der Waals surface area contributed by atoms with Crippen molar-refractivity contribution in [2.45, 2.75) is 110 Å². The third kappa shape index (κ3) is 5.70. The van der Waals surface area contributed by atoms with E-state index >= 15 is 0 Å². The van der Waals surface area contributed by atoms with Crippen molar-refractivity contribution in [2.75, 3.05) is 13.6 Å². The van der Waals surface area contributed by atoms with Gasteiger partial charge < -0.3 is 20.3 Å². The summed E-state index contributed by atoms with van der Waals surface area (Å²) in [5, 5.41) is 15.0. The summed E-state index contributed by atoms with van der Waals surface area (Å²) in [4.78, 5) is 35.1. The monoisotopic (exact) mass is 473 g/mol. The molecule has 0 radical (unpaired) electrons. The van der Waals surface area contributed by atoms with Crippen molar-refractivity contribution >= 4 is 11.8 Å². The highest BCUT2D eigenvalue weighted by atomic mass is 16.5. The molecule has 4 atom stereocenters. The molecule has 2 amide bonds. The Labute approximate surface area is 204 Å². The van der Waals surface area contributed by atoms with E-state index in [1.807, 2.05) is 25.7 Å². The van der Waals surface area contributed by atoms with Crippen LogP contribution in [0.25, 0.3) is 0 Å². The third-order valence-corrected chi connectivity index (χ3v) is 7.62. The lowest BCUT2D eigenvalue weighted by molar-refractivity contribution is -0.621. The molecule has 0 aromatic carbocycles. The summed E-state index contributed by atoms with van der Waals surface area (Å²) in [5.74, 6) is 0.380. The Kier molecular flexibility index (Phi) is 8.22. The van der Waals surface area contributed by atoms with Crippen molar-refractivity contribution in [3.63, 3.8) is 0 Å². The van der Waals surface area contributed by atoms with Gasteiger partial charge in [-0.2, -0.15) is 0 Å². The summed E-state index contributed by atoms with van der Waals surface area (Å²) >= 11 is 0. The lowest BCUT2D eigenvalue weighted by atomic mass is 9.77. The van der Waals surface area contributed by atoms with Crippen LogP contribution in [0.15, 0.2) is 12.3 Å². The van der Waals surface area contributed by atoms with Crippen LogP contribution < -0.4 is 10.0 Å². The number of nitrogens with zero attached hydrogens (tertiary/aromatic N) is 4. The van der Waals surface area contributed by atoms with Gasteiger partial charge in [-0.3, -0.25) is 9.59 Å². The lowest BCUT2D eigenvalue weighted by Crippen LogP contribution is -2.51. The number of nitrogens with one attached hydrogen (secondary N) is 1. The first-order chi connectivity index (χ1) is 15.9. The molecule has 1 saturated carbocycles. The van der Waals surface area contributed by atoms with Gasteiger partial charge in [0.2, 0.25) is 11.6 Å². The Morgan fingerprint density at radius 1 is 1.32 bits per heavy atom. The van der Waals surface area contributed by atoms with Gasteiger partial charge in [0.05, 0.1) is 11.6 Å². The smallest absolute Gasteiger partial charge is 0.307 e. The summed E-state index contributed by atoms with van der Waals surface area (Å²) in [6.45, 7) is 13.0. The zero-order valence-corrected chi connectivity index (χ0v) is 22.0. The van der Waals surface area contributed by atoms with E-state index in [-0.39, 0.29) is 23.5 Å². The van der Waals surface area contributed by atoms with Crippen LogP contribution in [0.3, 0.4) is 0 Å². The van der Waals surface area contributed by atoms with Crippen molar-refractivity contribution in [3.05, 3.63) is 29.0 Å². The first-order valence-electron chi connectivity index (χ1n) is 12.9. The zero-order valence-electron chi connectivity index (χ0n) is 22.0. The highest BCUT2D eigenvalue weighted by Gasteiger charge is 2.43. The topological polar surface area (TPSA) is 92.5 Å². The summed E-state index contributed by atoms with van der Waals surface area (Å²) in [7, 11) is 2.21. The van der Waals surface area contributed by atoms with Gasteiger partial charge in [-0.1, -0.05) is 13.3 Å². The second-order valence-corrected chi connectivity index (χ2v) is 11.4. The Morgan fingerprint density at radius 3 is 2.65 bits per heavy atom. The van der Waals surface area contributed by atoms with E-state index in [0.717, 1.165) is 32.1 Å². The largest absolute Gasteiger partial charge is 0.711 e. The molecule has 1 aliphatic heterocycles. The van der Waals surface area contributed by atoms with Crippen LogP contribution >= 0.6 is 0 Å². The maximum atomic E-state index is 13.4. The van der Waals surface area contributed by atoms with Crippen molar-refractivity contribution < 1.29 is 14.3 Å². The van der Waals surface area contributed by atoms with Gasteiger partial charge in [0.1, 0.15) is 6.04 Å². The second-order valence-electron chi connectivity index (χ2n) is 11.4. The molecular weight excluding hydrogens is 430 g/mol. The molecule has 1 aliphatic carbocycles. The number of carbonyl (C=O) groups excluding carboxylic acids is 2. The maximum Gasteiger partial charge on any atom is 0.307 e. The van der Waals surface area contributed by atoms with E-state index in [4.69, 9.17) is 0 Å². The first-order valence-corrected chi connectivity index (χ1v) is 12.9. The average Bonchev–Trinajstić information content (AvgIpc) is 3.12. The standard InChI is InChI=1S/C26H43N5O3/c1-8-9-18-16-19(29(7)17(2)3)10-11-22(18)30-14-12-21(24(30)33)27-23(32)20-13-15-31(34)25(28-20)26(4,5)6/h13,15,17-19,21-22H,8-12,14,16H2,1-7H3,(H,27,32)/t18-,19-,21+,22+/m1/s1. The van der Waals surface area contributed by atoms with Crippen molar-refractivity contribution in [2.24, 2.45) is 5.92 Å². The average molecular weight is 474 g/mol. The molecule has 2 fully saturated rings. The minimum Gasteiger partial charge on any atom is -0.711 e. The second kappa shape index (κ2) is 10.6. The Hall–Kier alpha value is -2.22. The molecule has 1 aromatic rings. The number of hydrogen-bond donors (Lipinski definition) is 1. The van der Waals surface area contributed by atoms with Gasteiger partial charge >= 0.3 is 5.82 Å². The molecule has 34 heavy (non-hydrogen) atoms. The number of likely N-dealkylation sites (tertiary alicyclic amines) is 1. The SMILES string of the molecule is CCC[C@@H]1C[C@H](N(C)C(C)C)CC[C@@H]1N1CC[C@H](NC(=O)c2cc[n+]([O-])c(C(C)(C)C)n2)C1=O. The number of amides is 2. The van der Waals surface area contributed by atoms with Crippen molar-refractivity contribution in [3.8, 4) is 0 Å². The summed E-state index contributed by atoms with van der Waals surface area (Å²) in [6.07, 6.45) is 7.37. The molecule has 0 unspecified atom stereocenters. The summed E-state index contributed by atoms with van der Waals surface area (Å²) < 4.78 is 0.695. The lowest BCUT2D eigenvalue weighted by Gasteiger charge is -2.44. The van der Waals surface area contributed by atoms with Gasteiger partial charge in [-0.25, -0.2) is 4.73 Å². The van der Waals surface area contributed by atoms with E-state index in [9.17, 15) is 14.8 Å². The predicted molar refractivity (Wildman–Crippen MR) is 132 cm³/mol. The Bertz CT molecular complexity index is 882. The highest BCUT2D eigenvalue weighted by molar-refractivity contribution is 5.96. The molecule has 190 valence electrons. The van der Waals surface area contributed by atoms with E-state index in [1.54, 1.807) is 0 Å².